The molecule has 0 amide bonds. The van der Waals surface area contributed by atoms with E-state index in [2.05, 4.69) is 181 Å². The third-order valence-electron chi connectivity index (χ3n) is 10.5. The Morgan fingerprint density at radius 3 is 1.68 bits per heavy atom. The average molecular weight is 601 g/mol. The third-order valence-corrected chi connectivity index (χ3v) is 10.5. The normalized spacial score (nSPS) is 13.5. The van der Waals surface area contributed by atoms with Crippen LogP contribution in [-0.4, -0.2) is 9.13 Å². The van der Waals surface area contributed by atoms with Crippen LogP contribution in [0.25, 0.3) is 77.2 Å². The zero-order valence-electron chi connectivity index (χ0n) is 26.4. The SMILES string of the molecule is CC1(C)c2ccccc2-c2cccc(-n3c4ccccc4c4cc5c(cc43)c3ccccc3n5-c3ccc(-c4ccccc4)cc3)c21. The van der Waals surface area contributed by atoms with Gasteiger partial charge in [0, 0.05) is 32.6 Å². The van der Waals surface area contributed by atoms with Gasteiger partial charge in [-0.15, -0.1) is 0 Å². The van der Waals surface area contributed by atoms with E-state index in [0.29, 0.717) is 0 Å². The van der Waals surface area contributed by atoms with E-state index in [0.717, 1.165) is 0 Å². The topological polar surface area (TPSA) is 9.86 Å². The maximum Gasteiger partial charge on any atom is 0.0548 e. The molecule has 1 aliphatic rings. The van der Waals surface area contributed by atoms with Crippen LogP contribution in [0.3, 0.4) is 0 Å². The lowest BCUT2D eigenvalue weighted by Gasteiger charge is -2.25. The van der Waals surface area contributed by atoms with E-state index in [1.165, 1.54) is 88.4 Å². The minimum absolute atomic E-state index is 0.119. The molecule has 0 fully saturated rings. The first-order chi connectivity index (χ1) is 23.1. The van der Waals surface area contributed by atoms with Crippen molar-refractivity contribution in [1.82, 2.24) is 9.13 Å². The van der Waals surface area contributed by atoms with Gasteiger partial charge in [-0.1, -0.05) is 129 Å². The second-order valence-electron chi connectivity index (χ2n) is 13.4. The first-order valence-electron chi connectivity index (χ1n) is 16.5. The van der Waals surface area contributed by atoms with Crippen LogP contribution < -0.4 is 0 Å². The summed E-state index contributed by atoms with van der Waals surface area (Å²) in [4.78, 5) is 0. The van der Waals surface area contributed by atoms with Crippen molar-refractivity contribution in [2.45, 2.75) is 19.3 Å². The largest absolute Gasteiger partial charge is 0.309 e. The molecule has 0 bridgehead atoms. The van der Waals surface area contributed by atoms with E-state index in [1.807, 2.05) is 0 Å². The van der Waals surface area contributed by atoms with E-state index >= 15 is 0 Å². The average Bonchev–Trinajstić information content (AvgIpc) is 3.71. The molecule has 2 nitrogen and oxygen atoms in total. The molecule has 0 saturated heterocycles. The van der Waals surface area contributed by atoms with Gasteiger partial charge in [0.25, 0.3) is 0 Å². The van der Waals surface area contributed by atoms with Crippen LogP contribution >= 0.6 is 0 Å². The summed E-state index contributed by atoms with van der Waals surface area (Å²) in [6, 6.07) is 58.0. The van der Waals surface area contributed by atoms with Crippen LogP contribution in [0.4, 0.5) is 0 Å². The maximum atomic E-state index is 2.53. The molecule has 0 aliphatic heterocycles. The molecule has 0 radical (unpaired) electrons. The summed E-state index contributed by atoms with van der Waals surface area (Å²) < 4.78 is 4.96. The second kappa shape index (κ2) is 9.57. The highest BCUT2D eigenvalue weighted by atomic mass is 15.0. The smallest absolute Gasteiger partial charge is 0.0548 e. The van der Waals surface area contributed by atoms with Crippen molar-refractivity contribution < 1.29 is 0 Å². The highest BCUT2D eigenvalue weighted by Gasteiger charge is 2.38. The lowest BCUT2D eigenvalue weighted by atomic mass is 9.81. The monoisotopic (exact) mass is 600 g/mol. The van der Waals surface area contributed by atoms with Gasteiger partial charge in [0.2, 0.25) is 0 Å². The number of para-hydroxylation sites is 2. The number of hydrogen-bond acceptors (Lipinski definition) is 0. The Bertz CT molecular complexity index is 2680. The Balaban J connectivity index is 1.27. The molecule has 0 unspecified atom stereocenters. The first-order valence-corrected chi connectivity index (χ1v) is 16.5. The van der Waals surface area contributed by atoms with Crippen molar-refractivity contribution >= 4 is 43.6 Å². The molecule has 2 aromatic heterocycles. The molecule has 0 spiro atoms. The van der Waals surface area contributed by atoms with Crippen LogP contribution in [0.5, 0.6) is 0 Å². The molecular weight excluding hydrogens is 569 g/mol. The van der Waals surface area contributed by atoms with Crippen molar-refractivity contribution in [3.8, 4) is 33.6 Å². The molecule has 2 heteroatoms. The minimum Gasteiger partial charge on any atom is -0.309 e. The summed E-state index contributed by atoms with van der Waals surface area (Å²) in [7, 11) is 0. The third kappa shape index (κ3) is 3.61. The zero-order chi connectivity index (χ0) is 31.3. The number of aromatic nitrogens is 2. The van der Waals surface area contributed by atoms with Crippen LogP contribution in [0.1, 0.15) is 25.0 Å². The molecule has 2 heterocycles. The summed E-state index contributed by atoms with van der Waals surface area (Å²) in [5.74, 6) is 0. The number of benzene rings is 7. The molecule has 0 saturated carbocycles. The lowest BCUT2D eigenvalue weighted by Crippen LogP contribution is -2.18. The number of rotatable bonds is 3. The minimum atomic E-state index is -0.119. The van der Waals surface area contributed by atoms with E-state index in [4.69, 9.17) is 0 Å². The van der Waals surface area contributed by atoms with Gasteiger partial charge in [0.1, 0.15) is 0 Å². The second-order valence-corrected chi connectivity index (χ2v) is 13.4. The van der Waals surface area contributed by atoms with Crippen molar-refractivity contribution in [2.75, 3.05) is 0 Å². The Hall–Kier alpha value is -5.86. The highest BCUT2D eigenvalue weighted by Crippen LogP contribution is 2.52. The van der Waals surface area contributed by atoms with E-state index in [9.17, 15) is 0 Å². The molecule has 222 valence electrons. The fourth-order valence-corrected chi connectivity index (χ4v) is 8.41. The van der Waals surface area contributed by atoms with Gasteiger partial charge < -0.3 is 9.13 Å². The number of nitrogens with zero attached hydrogens (tertiary/aromatic N) is 2. The molecule has 1 aliphatic carbocycles. The summed E-state index contributed by atoms with van der Waals surface area (Å²) >= 11 is 0. The van der Waals surface area contributed by atoms with E-state index < -0.39 is 0 Å². The van der Waals surface area contributed by atoms with Crippen LogP contribution in [0, 0.1) is 0 Å². The summed E-state index contributed by atoms with van der Waals surface area (Å²) in [6.07, 6.45) is 0. The highest BCUT2D eigenvalue weighted by molar-refractivity contribution is 6.19. The summed E-state index contributed by atoms with van der Waals surface area (Å²) in [5.41, 5.74) is 15.1. The van der Waals surface area contributed by atoms with E-state index in [1.54, 1.807) is 0 Å². The van der Waals surface area contributed by atoms with Crippen molar-refractivity contribution in [1.29, 1.82) is 0 Å². The maximum absolute atomic E-state index is 2.53. The van der Waals surface area contributed by atoms with Gasteiger partial charge in [-0.3, -0.25) is 0 Å². The Labute approximate surface area is 273 Å². The van der Waals surface area contributed by atoms with Crippen molar-refractivity contribution in [3.05, 3.63) is 169 Å². The van der Waals surface area contributed by atoms with Crippen LogP contribution in [-0.2, 0) is 5.41 Å². The summed E-state index contributed by atoms with van der Waals surface area (Å²) in [5, 5.41) is 5.06. The van der Waals surface area contributed by atoms with Gasteiger partial charge in [-0.2, -0.15) is 0 Å². The Morgan fingerprint density at radius 1 is 0.404 bits per heavy atom. The standard InChI is InChI=1S/C45H32N2/c1-45(2)38-19-9-6-15-32(38)35-18-12-22-41(44(35)45)47-40-21-11-8-17-34(40)37-27-42-36(28-43(37)47)33-16-7-10-20-39(33)46(42)31-25-23-30(24-26-31)29-13-4-3-5-14-29/h3-28H,1-2H3. The van der Waals surface area contributed by atoms with Gasteiger partial charge in [0.15, 0.2) is 0 Å². The van der Waals surface area contributed by atoms with Crippen LogP contribution in [0.2, 0.25) is 0 Å². The van der Waals surface area contributed by atoms with Gasteiger partial charge in [-0.05, 0) is 75.8 Å². The van der Waals surface area contributed by atoms with E-state index in [-0.39, 0.29) is 5.41 Å². The molecule has 9 aromatic rings. The molecule has 7 aromatic carbocycles. The lowest BCUT2D eigenvalue weighted by molar-refractivity contribution is 0.656. The molecule has 0 N–H and O–H groups in total. The predicted octanol–water partition coefficient (Wildman–Crippen LogP) is 11.9. The predicted molar refractivity (Wildman–Crippen MR) is 198 cm³/mol. The Kier molecular flexibility index (Phi) is 5.37. The van der Waals surface area contributed by atoms with Crippen molar-refractivity contribution in [2.24, 2.45) is 0 Å². The summed E-state index contributed by atoms with van der Waals surface area (Å²) in [6.45, 7) is 4.76. The molecule has 0 atom stereocenters. The first kappa shape index (κ1) is 26.4. The fourth-order valence-electron chi connectivity index (χ4n) is 8.41. The van der Waals surface area contributed by atoms with Gasteiger partial charge in [-0.25, -0.2) is 0 Å². The van der Waals surface area contributed by atoms with Crippen molar-refractivity contribution in [3.63, 3.8) is 0 Å². The molecular formula is C45H32N2. The zero-order valence-corrected chi connectivity index (χ0v) is 26.4. The molecule has 47 heavy (non-hydrogen) atoms. The van der Waals surface area contributed by atoms with Gasteiger partial charge >= 0.3 is 0 Å². The fraction of sp³-hybridized carbons (Fsp3) is 0.0667. The van der Waals surface area contributed by atoms with Gasteiger partial charge in [0.05, 0.1) is 27.8 Å². The number of fused-ring (bicyclic) bond motifs is 9. The number of hydrogen-bond donors (Lipinski definition) is 0. The quantitative estimate of drug-likeness (QED) is 0.191. The van der Waals surface area contributed by atoms with Crippen LogP contribution in [0.15, 0.2) is 158 Å². The Morgan fingerprint density at radius 2 is 0.957 bits per heavy atom. The molecule has 10 rings (SSSR count).